The topological polar surface area (TPSA) is 6.48 Å². The van der Waals surface area contributed by atoms with Crippen LogP contribution in [0.5, 0.6) is 0 Å². The minimum atomic E-state index is 0.0352. The third-order valence-electron chi connectivity index (χ3n) is 4.74. The summed E-state index contributed by atoms with van der Waals surface area (Å²) in [5.41, 5.74) is 1.38. The van der Waals surface area contributed by atoms with E-state index in [1.54, 1.807) is 0 Å². The number of rotatable bonds is 2. The Morgan fingerprint density at radius 1 is 1.26 bits per heavy atom. The van der Waals surface area contributed by atoms with Gasteiger partial charge in [0.25, 0.3) is 0 Å². The highest BCUT2D eigenvalue weighted by Gasteiger charge is 2.52. The predicted octanol–water partition coefficient (Wildman–Crippen LogP) is 3.59. The van der Waals surface area contributed by atoms with Crippen LogP contribution in [-0.4, -0.2) is 33.0 Å². The summed E-state index contributed by atoms with van der Waals surface area (Å²) in [6.45, 7) is 8.06. The second kappa shape index (κ2) is 4.57. The summed E-state index contributed by atoms with van der Waals surface area (Å²) in [7, 11) is 0. The number of fused-ring (bicyclic) bond motifs is 1. The van der Waals surface area contributed by atoms with Gasteiger partial charge in [-0.15, -0.1) is 0 Å². The smallest absolute Gasteiger partial charge is 0.0974 e. The van der Waals surface area contributed by atoms with Crippen LogP contribution in [0.2, 0.25) is 0 Å². The number of nitrogens with zero attached hydrogens (tertiary/aromatic N) is 2. The van der Waals surface area contributed by atoms with Gasteiger partial charge in [-0.3, -0.25) is 4.90 Å². The van der Waals surface area contributed by atoms with Crippen LogP contribution in [0.1, 0.15) is 45.2 Å². The summed E-state index contributed by atoms with van der Waals surface area (Å²) in [6.07, 6.45) is 2.50. The fraction of sp³-hybridized carbons (Fsp3) is 0.562. The molecule has 1 aromatic rings. The van der Waals surface area contributed by atoms with Gasteiger partial charge in [-0.2, -0.15) is 0 Å². The highest BCUT2D eigenvalue weighted by atomic mass is 32.1. The summed E-state index contributed by atoms with van der Waals surface area (Å²) < 4.78 is 0. The molecule has 0 amide bonds. The fourth-order valence-electron chi connectivity index (χ4n) is 3.79. The van der Waals surface area contributed by atoms with Crippen LogP contribution in [0.4, 0.5) is 0 Å². The molecule has 2 saturated heterocycles. The Morgan fingerprint density at radius 3 is 2.58 bits per heavy atom. The molecule has 2 aliphatic rings. The molecule has 0 spiro atoms. The molecule has 2 aliphatic heterocycles. The Balaban J connectivity index is 1.94. The van der Waals surface area contributed by atoms with Crippen LogP contribution in [0.3, 0.4) is 0 Å². The third-order valence-corrected chi connectivity index (χ3v) is 5.21. The largest absolute Gasteiger partial charge is 0.340 e. The van der Waals surface area contributed by atoms with Gasteiger partial charge in [0.1, 0.15) is 0 Å². The fourth-order valence-corrected chi connectivity index (χ4v) is 4.42. The SMILES string of the molecule is C[C@@H](c1ccccc1)N1C(=S)[C@@H]2CCCN2C1(C)C. The third kappa shape index (κ3) is 1.91. The monoisotopic (exact) mass is 274 g/mol. The Hall–Kier alpha value is -0.930. The summed E-state index contributed by atoms with van der Waals surface area (Å²) in [5, 5.41) is 0. The molecule has 2 fully saturated rings. The van der Waals surface area contributed by atoms with E-state index in [-0.39, 0.29) is 5.66 Å². The number of thiocarbonyl (C=S) groups is 1. The van der Waals surface area contributed by atoms with E-state index in [9.17, 15) is 0 Å². The molecule has 2 heterocycles. The van der Waals surface area contributed by atoms with E-state index in [4.69, 9.17) is 12.2 Å². The van der Waals surface area contributed by atoms with Crippen molar-refractivity contribution in [1.82, 2.24) is 9.80 Å². The van der Waals surface area contributed by atoms with Crippen molar-refractivity contribution in [3.8, 4) is 0 Å². The molecule has 3 heteroatoms. The molecule has 0 radical (unpaired) electrons. The molecule has 1 aromatic carbocycles. The van der Waals surface area contributed by atoms with Gasteiger partial charge < -0.3 is 4.90 Å². The van der Waals surface area contributed by atoms with Gasteiger partial charge in [-0.25, -0.2) is 0 Å². The van der Waals surface area contributed by atoms with Crippen molar-refractivity contribution in [3.05, 3.63) is 35.9 Å². The maximum absolute atomic E-state index is 5.79. The predicted molar refractivity (Wildman–Crippen MR) is 83.1 cm³/mol. The van der Waals surface area contributed by atoms with Crippen LogP contribution in [0.15, 0.2) is 30.3 Å². The van der Waals surface area contributed by atoms with Crippen molar-refractivity contribution >= 4 is 17.2 Å². The van der Waals surface area contributed by atoms with Gasteiger partial charge in [0.05, 0.1) is 22.7 Å². The normalized spacial score (nSPS) is 27.6. The Morgan fingerprint density at radius 2 is 1.95 bits per heavy atom. The van der Waals surface area contributed by atoms with Gasteiger partial charge in [0.15, 0.2) is 0 Å². The molecule has 19 heavy (non-hydrogen) atoms. The molecular formula is C16H22N2S. The van der Waals surface area contributed by atoms with Gasteiger partial charge in [-0.05, 0) is 39.2 Å². The van der Waals surface area contributed by atoms with E-state index in [1.807, 2.05) is 0 Å². The molecule has 3 rings (SSSR count). The number of benzene rings is 1. The number of hydrogen-bond acceptors (Lipinski definition) is 2. The average molecular weight is 274 g/mol. The first-order valence-electron chi connectivity index (χ1n) is 7.18. The summed E-state index contributed by atoms with van der Waals surface area (Å²) in [6, 6.07) is 11.5. The molecule has 0 saturated carbocycles. The van der Waals surface area contributed by atoms with Crippen molar-refractivity contribution in [1.29, 1.82) is 0 Å². The average Bonchev–Trinajstić information content (AvgIpc) is 2.95. The lowest BCUT2D eigenvalue weighted by molar-refractivity contribution is 0.0428. The van der Waals surface area contributed by atoms with Crippen molar-refractivity contribution in [2.75, 3.05) is 6.54 Å². The van der Waals surface area contributed by atoms with Crippen molar-refractivity contribution in [3.63, 3.8) is 0 Å². The Labute approximate surface area is 121 Å². The summed E-state index contributed by atoms with van der Waals surface area (Å²) in [5.74, 6) is 0. The quantitative estimate of drug-likeness (QED) is 0.761. The van der Waals surface area contributed by atoms with E-state index in [0.717, 1.165) is 4.99 Å². The summed E-state index contributed by atoms with van der Waals surface area (Å²) in [4.78, 5) is 6.16. The Bertz CT molecular complexity index is 483. The molecule has 102 valence electrons. The molecular weight excluding hydrogens is 252 g/mol. The van der Waals surface area contributed by atoms with Crippen LogP contribution >= 0.6 is 12.2 Å². The minimum absolute atomic E-state index is 0.0352. The first kappa shape index (κ1) is 13.1. The van der Waals surface area contributed by atoms with Crippen molar-refractivity contribution < 1.29 is 0 Å². The zero-order chi connectivity index (χ0) is 13.6. The van der Waals surface area contributed by atoms with E-state index in [2.05, 4.69) is 60.9 Å². The highest BCUT2D eigenvalue weighted by molar-refractivity contribution is 7.80. The molecule has 0 bridgehead atoms. The first-order chi connectivity index (χ1) is 9.03. The van der Waals surface area contributed by atoms with Crippen molar-refractivity contribution in [2.24, 2.45) is 0 Å². The van der Waals surface area contributed by atoms with Crippen LogP contribution < -0.4 is 0 Å². The molecule has 0 N–H and O–H groups in total. The zero-order valence-corrected chi connectivity index (χ0v) is 12.8. The molecule has 0 unspecified atom stereocenters. The van der Waals surface area contributed by atoms with Gasteiger partial charge in [0, 0.05) is 6.54 Å². The minimum Gasteiger partial charge on any atom is -0.340 e. The maximum Gasteiger partial charge on any atom is 0.0974 e. The standard InChI is InChI=1S/C16H22N2S/c1-12(13-8-5-4-6-9-13)18-15(19)14-10-7-11-17(14)16(18,2)3/h4-6,8-9,12,14H,7,10-11H2,1-3H3/t12-,14-/m0/s1. The maximum atomic E-state index is 5.79. The highest BCUT2D eigenvalue weighted by Crippen LogP contribution is 2.42. The number of hydrogen-bond donors (Lipinski definition) is 0. The van der Waals surface area contributed by atoms with Crippen LogP contribution in [0.25, 0.3) is 0 Å². The lowest BCUT2D eigenvalue weighted by Crippen LogP contribution is -2.49. The second-order valence-electron chi connectivity index (χ2n) is 6.14. The van der Waals surface area contributed by atoms with Crippen LogP contribution in [0, 0.1) is 0 Å². The van der Waals surface area contributed by atoms with Crippen LogP contribution in [-0.2, 0) is 0 Å². The first-order valence-corrected chi connectivity index (χ1v) is 7.59. The molecule has 2 nitrogen and oxygen atoms in total. The van der Waals surface area contributed by atoms with Gasteiger partial charge in [0.2, 0.25) is 0 Å². The van der Waals surface area contributed by atoms with E-state index in [1.165, 1.54) is 24.9 Å². The van der Waals surface area contributed by atoms with E-state index < -0.39 is 0 Å². The lowest BCUT2D eigenvalue weighted by Gasteiger charge is -2.42. The van der Waals surface area contributed by atoms with Gasteiger partial charge in [-0.1, -0.05) is 42.5 Å². The molecule has 2 atom stereocenters. The lowest BCUT2D eigenvalue weighted by atomic mass is 10.0. The van der Waals surface area contributed by atoms with Crippen molar-refractivity contribution in [2.45, 2.75) is 51.4 Å². The van der Waals surface area contributed by atoms with E-state index in [0.29, 0.717) is 12.1 Å². The Kier molecular flexibility index (Phi) is 3.14. The van der Waals surface area contributed by atoms with E-state index >= 15 is 0 Å². The molecule has 0 aliphatic carbocycles. The van der Waals surface area contributed by atoms with Gasteiger partial charge >= 0.3 is 0 Å². The molecule has 0 aromatic heterocycles. The second-order valence-corrected chi connectivity index (χ2v) is 6.56. The summed E-state index contributed by atoms with van der Waals surface area (Å²) >= 11 is 5.79. The zero-order valence-electron chi connectivity index (χ0n) is 12.0.